The molecule has 2 N–H and O–H groups in total. The molecule has 1 saturated heterocycles. The van der Waals surface area contributed by atoms with Crippen molar-refractivity contribution < 1.29 is 24.3 Å². The van der Waals surface area contributed by atoms with Gasteiger partial charge in [-0.25, -0.2) is 0 Å². The molecule has 7 heteroatoms. The number of aliphatic carboxylic acids is 1. The third-order valence-corrected chi connectivity index (χ3v) is 6.13. The lowest BCUT2D eigenvalue weighted by molar-refractivity contribution is -0.137. The molecule has 142 valence electrons. The van der Waals surface area contributed by atoms with Gasteiger partial charge in [-0.05, 0) is 61.8 Å². The maximum absolute atomic E-state index is 12.8. The number of carboxylic acids is 1. The van der Waals surface area contributed by atoms with E-state index in [0.29, 0.717) is 23.2 Å². The van der Waals surface area contributed by atoms with Crippen LogP contribution in [0.1, 0.15) is 38.5 Å². The van der Waals surface area contributed by atoms with Crippen molar-refractivity contribution >= 4 is 35.1 Å². The van der Waals surface area contributed by atoms with Gasteiger partial charge in [0.2, 0.25) is 17.7 Å². The van der Waals surface area contributed by atoms with Gasteiger partial charge in [-0.2, -0.15) is 0 Å². The van der Waals surface area contributed by atoms with Crippen molar-refractivity contribution in [3.05, 3.63) is 24.3 Å². The Morgan fingerprint density at radius 3 is 2.15 bits per heavy atom. The van der Waals surface area contributed by atoms with Crippen molar-refractivity contribution in [1.29, 1.82) is 0 Å². The van der Waals surface area contributed by atoms with Crippen molar-refractivity contribution in [1.82, 2.24) is 0 Å². The Balaban J connectivity index is 1.41. The molecule has 4 rings (SSSR count). The van der Waals surface area contributed by atoms with Crippen LogP contribution < -0.4 is 10.2 Å². The fourth-order valence-corrected chi connectivity index (χ4v) is 4.98. The molecule has 1 aliphatic heterocycles. The molecule has 3 aliphatic rings. The van der Waals surface area contributed by atoms with Crippen LogP contribution in [0, 0.1) is 23.7 Å². The smallest absolute Gasteiger partial charge is 0.303 e. The Labute approximate surface area is 156 Å². The molecule has 0 unspecified atom stereocenters. The van der Waals surface area contributed by atoms with Crippen LogP contribution in [0.25, 0.3) is 0 Å². The Hall–Kier alpha value is -2.70. The molecule has 2 bridgehead atoms. The van der Waals surface area contributed by atoms with E-state index >= 15 is 0 Å². The lowest BCUT2D eigenvalue weighted by atomic mass is 9.81. The summed E-state index contributed by atoms with van der Waals surface area (Å²) in [7, 11) is 0. The van der Waals surface area contributed by atoms with E-state index in [9.17, 15) is 19.2 Å². The van der Waals surface area contributed by atoms with Gasteiger partial charge in [0.15, 0.2) is 0 Å². The zero-order valence-corrected chi connectivity index (χ0v) is 14.9. The van der Waals surface area contributed by atoms with Gasteiger partial charge in [-0.3, -0.25) is 24.1 Å². The molecule has 3 amide bonds. The van der Waals surface area contributed by atoms with Crippen molar-refractivity contribution in [2.24, 2.45) is 23.7 Å². The highest BCUT2D eigenvalue weighted by atomic mass is 16.4. The summed E-state index contributed by atoms with van der Waals surface area (Å²) < 4.78 is 0. The summed E-state index contributed by atoms with van der Waals surface area (Å²) in [6, 6.07) is 6.67. The predicted octanol–water partition coefficient (Wildman–Crippen LogP) is 2.42. The van der Waals surface area contributed by atoms with Crippen LogP contribution in [0.4, 0.5) is 11.4 Å². The third kappa shape index (κ3) is 3.11. The highest BCUT2D eigenvalue weighted by Crippen LogP contribution is 2.56. The molecule has 3 fully saturated rings. The summed E-state index contributed by atoms with van der Waals surface area (Å²) in [5.74, 6) is -0.939. The number of carbonyl (C=O) groups is 4. The summed E-state index contributed by atoms with van der Waals surface area (Å²) in [5, 5.41) is 11.3. The highest BCUT2D eigenvalue weighted by molar-refractivity contribution is 6.22. The Morgan fingerprint density at radius 1 is 1.00 bits per heavy atom. The van der Waals surface area contributed by atoms with E-state index in [1.807, 2.05) is 0 Å². The zero-order chi connectivity index (χ0) is 19.1. The number of fused-ring (bicyclic) bond motifs is 5. The van der Waals surface area contributed by atoms with Crippen LogP contribution in [0.5, 0.6) is 0 Å². The molecule has 4 atom stereocenters. The molecule has 2 saturated carbocycles. The van der Waals surface area contributed by atoms with E-state index in [2.05, 4.69) is 5.32 Å². The second-order valence-electron chi connectivity index (χ2n) is 7.74. The number of carboxylic acid groups (broad SMARTS) is 1. The number of hydrogen-bond donors (Lipinski definition) is 2. The maximum atomic E-state index is 12.8. The standard InChI is InChI=1S/C20H22N2O5/c23-15(2-1-3-16(24)25)21-13-6-8-14(9-7-13)22-19(26)17-11-4-5-12(10-11)18(17)20(22)27/h6-9,11-12,17-18H,1-5,10H2,(H,21,23)(H,24,25)/t11-,12-,17-,18-/m0/s1. The van der Waals surface area contributed by atoms with Gasteiger partial charge < -0.3 is 10.4 Å². The zero-order valence-electron chi connectivity index (χ0n) is 14.9. The second-order valence-corrected chi connectivity index (χ2v) is 7.74. The molecule has 1 heterocycles. The van der Waals surface area contributed by atoms with E-state index < -0.39 is 5.97 Å². The van der Waals surface area contributed by atoms with E-state index in [4.69, 9.17) is 5.11 Å². The van der Waals surface area contributed by atoms with E-state index in [1.165, 1.54) is 4.90 Å². The minimum atomic E-state index is -0.926. The van der Waals surface area contributed by atoms with Gasteiger partial charge in [0, 0.05) is 18.5 Å². The number of anilines is 2. The fraction of sp³-hybridized carbons (Fsp3) is 0.500. The number of rotatable bonds is 6. The predicted molar refractivity (Wildman–Crippen MR) is 96.9 cm³/mol. The first-order chi connectivity index (χ1) is 13.0. The number of nitrogens with zero attached hydrogens (tertiary/aromatic N) is 1. The average Bonchev–Trinajstić information content (AvgIpc) is 3.30. The topological polar surface area (TPSA) is 104 Å². The van der Waals surface area contributed by atoms with E-state index in [1.54, 1.807) is 24.3 Å². The van der Waals surface area contributed by atoms with Crippen LogP contribution in [0.2, 0.25) is 0 Å². The SMILES string of the molecule is O=C(O)CCCC(=O)Nc1ccc(N2C(=O)[C@H]3[C@H]4CC[C@@H](C4)[C@@H]3C2=O)cc1. The van der Waals surface area contributed by atoms with Gasteiger partial charge >= 0.3 is 5.97 Å². The molecule has 0 radical (unpaired) electrons. The van der Waals surface area contributed by atoms with Crippen LogP contribution in [-0.2, 0) is 19.2 Å². The van der Waals surface area contributed by atoms with Gasteiger partial charge in [0.1, 0.15) is 0 Å². The summed E-state index contributed by atoms with van der Waals surface area (Å²) in [6.45, 7) is 0. The number of carbonyl (C=O) groups excluding carboxylic acids is 3. The molecule has 1 aromatic carbocycles. The molecule has 0 spiro atoms. The van der Waals surface area contributed by atoms with Crippen molar-refractivity contribution in [3.8, 4) is 0 Å². The summed E-state index contributed by atoms with van der Waals surface area (Å²) in [5.41, 5.74) is 1.10. The molecule has 7 nitrogen and oxygen atoms in total. The van der Waals surface area contributed by atoms with E-state index in [0.717, 1.165) is 19.3 Å². The first-order valence-corrected chi connectivity index (χ1v) is 9.45. The maximum Gasteiger partial charge on any atom is 0.303 e. The largest absolute Gasteiger partial charge is 0.481 e. The van der Waals surface area contributed by atoms with Gasteiger partial charge in [0.25, 0.3) is 0 Å². The summed E-state index contributed by atoms with van der Waals surface area (Å²) in [6.07, 6.45) is 3.46. The first-order valence-electron chi connectivity index (χ1n) is 9.45. The molecule has 1 aromatic rings. The van der Waals surface area contributed by atoms with Crippen molar-refractivity contribution in [2.75, 3.05) is 10.2 Å². The normalized spacial score (nSPS) is 28.5. The average molecular weight is 370 g/mol. The van der Waals surface area contributed by atoms with Crippen LogP contribution >= 0.6 is 0 Å². The van der Waals surface area contributed by atoms with Crippen LogP contribution in [-0.4, -0.2) is 28.8 Å². The Bertz CT molecular complexity index is 775. The monoisotopic (exact) mass is 370 g/mol. The molecule has 0 aromatic heterocycles. The first kappa shape index (κ1) is 17.7. The second kappa shape index (κ2) is 6.79. The van der Waals surface area contributed by atoms with Gasteiger partial charge in [-0.1, -0.05) is 0 Å². The number of benzene rings is 1. The molecular weight excluding hydrogens is 348 g/mol. The Kier molecular flexibility index (Phi) is 4.45. The highest BCUT2D eigenvalue weighted by Gasteiger charge is 2.61. The molecule has 2 aliphatic carbocycles. The molecular formula is C20H22N2O5. The third-order valence-electron chi connectivity index (χ3n) is 6.13. The fourth-order valence-electron chi connectivity index (χ4n) is 4.98. The molecule has 27 heavy (non-hydrogen) atoms. The van der Waals surface area contributed by atoms with E-state index in [-0.39, 0.29) is 48.8 Å². The van der Waals surface area contributed by atoms with Crippen LogP contribution in [0.15, 0.2) is 24.3 Å². The lowest BCUT2D eigenvalue weighted by Crippen LogP contribution is -2.32. The summed E-state index contributed by atoms with van der Waals surface area (Å²) in [4.78, 5) is 49.2. The quantitative estimate of drug-likeness (QED) is 0.749. The lowest BCUT2D eigenvalue weighted by Gasteiger charge is -2.19. The number of nitrogens with one attached hydrogen (secondary N) is 1. The Morgan fingerprint density at radius 2 is 1.59 bits per heavy atom. The summed E-state index contributed by atoms with van der Waals surface area (Å²) >= 11 is 0. The number of imide groups is 1. The van der Waals surface area contributed by atoms with Crippen molar-refractivity contribution in [2.45, 2.75) is 38.5 Å². The van der Waals surface area contributed by atoms with Gasteiger partial charge in [0.05, 0.1) is 17.5 Å². The minimum Gasteiger partial charge on any atom is -0.481 e. The number of amides is 3. The van der Waals surface area contributed by atoms with Crippen molar-refractivity contribution in [3.63, 3.8) is 0 Å². The number of hydrogen-bond acceptors (Lipinski definition) is 4. The minimum absolute atomic E-state index is 0.0458. The van der Waals surface area contributed by atoms with Crippen LogP contribution in [0.3, 0.4) is 0 Å². The van der Waals surface area contributed by atoms with Gasteiger partial charge in [-0.15, -0.1) is 0 Å².